The van der Waals surface area contributed by atoms with E-state index in [9.17, 15) is 19.7 Å². The van der Waals surface area contributed by atoms with Crippen LogP contribution in [0.4, 0.5) is 17.1 Å². The lowest BCUT2D eigenvalue weighted by atomic mass is 10.2. The van der Waals surface area contributed by atoms with Gasteiger partial charge in [-0.2, -0.15) is 0 Å². The number of furan rings is 1. The van der Waals surface area contributed by atoms with Crippen LogP contribution in [0.2, 0.25) is 0 Å². The summed E-state index contributed by atoms with van der Waals surface area (Å²) in [5, 5.41) is 16.1. The van der Waals surface area contributed by atoms with Crippen molar-refractivity contribution in [3.63, 3.8) is 0 Å². The molecule has 29 heavy (non-hydrogen) atoms. The Hall–Kier alpha value is -3.59. The lowest BCUT2D eigenvalue weighted by Crippen LogP contribution is -2.14. The van der Waals surface area contributed by atoms with Crippen molar-refractivity contribution in [2.75, 3.05) is 16.4 Å². The molecule has 0 aliphatic rings. The molecule has 0 aliphatic carbocycles. The maximum Gasteiger partial charge on any atom is 0.291 e. The van der Waals surface area contributed by atoms with Crippen LogP contribution in [-0.4, -0.2) is 22.5 Å². The van der Waals surface area contributed by atoms with E-state index < -0.39 is 4.92 Å². The number of non-ortho nitro benzene ring substituents is 1. The summed E-state index contributed by atoms with van der Waals surface area (Å²) in [6.07, 6.45) is 1.42. The van der Waals surface area contributed by atoms with E-state index in [0.29, 0.717) is 17.1 Å². The second-order valence-electron chi connectivity index (χ2n) is 5.97. The first kappa shape index (κ1) is 20.2. The van der Waals surface area contributed by atoms with Gasteiger partial charge in [0.15, 0.2) is 5.76 Å². The van der Waals surface area contributed by atoms with Gasteiger partial charge in [0, 0.05) is 29.3 Å². The van der Waals surface area contributed by atoms with Crippen molar-refractivity contribution < 1.29 is 18.9 Å². The van der Waals surface area contributed by atoms with Crippen LogP contribution in [0, 0.1) is 10.1 Å². The predicted molar refractivity (Wildman–Crippen MR) is 111 cm³/mol. The van der Waals surface area contributed by atoms with Gasteiger partial charge in [0.25, 0.3) is 11.6 Å². The van der Waals surface area contributed by atoms with Gasteiger partial charge in [-0.05, 0) is 42.0 Å². The number of anilines is 2. The number of carbonyl (C=O) groups is 2. The molecule has 3 rings (SSSR count). The molecular formula is C20H17N3O5S. The monoisotopic (exact) mass is 411 g/mol. The summed E-state index contributed by atoms with van der Waals surface area (Å²) < 4.78 is 5.03. The minimum Gasteiger partial charge on any atom is -0.459 e. The molecule has 3 aromatic rings. The summed E-state index contributed by atoms with van der Waals surface area (Å²) in [5.41, 5.74) is 2.14. The summed E-state index contributed by atoms with van der Waals surface area (Å²) in [6, 6.07) is 16.2. The molecule has 148 valence electrons. The van der Waals surface area contributed by atoms with Crippen LogP contribution >= 0.6 is 11.8 Å². The van der Waals surface area contributed by atoms with Gasteiger partial charge in [-0.1, -0.05) is 12.1 Å². The van der Waals surface area contributed by atoms with Gasteiger partial charge in [-0.15, -0.1) is 11.8 Å². The summed E-state index contributed by atoms with van der Waals surface area (Å²) in [4.78, 5) is 34.2. The third-order valence-electron chi connectivity index (χ3n) is 3.82. The van der Waals surface area contributed by atoms with Crippen LogP contribution in [0.15, 0.2) is 71.3 Å². The Labute approximate surface area is 170 Å². The average Bonchev–Trinajstić information content (AvgIpc) is 3.25. The van der Waals surface area contributed by atoms with Crippen molar-refractivity contribution in [1.29, 1.82) is 0 Å². The number of hydrogen-bond acceptors (Lipinski definition) is 6. The third kappa shape index (κ3) is 5.94. The molecule has 0 radical (unpaired) electrons. The molecule has 0 bridgehead atoms. The zero-order valence-electron chi connectivity index (χ0n) is 15.2. The average molecular weight is 411 g/mol. The molecule has 0 saturated carbocycles. The molecular weight excluding hydrogens is 394 g/mol. The molecule has 0 aliphatic heterocycles. The molecule has 0 atom stereocenters. The molecule has 1 aromatic heterocycles. The van der Waals surface area contributed by atoms with Crippen molar-refractivity contribution in [3.8, 4) is 0 Å². The summed E-state index contributed by atoms with van der Waals surface area (Å²) in [7, 11) is 0. The minimum atomic E-state index is -0.446. The highest BCUT2D eigenvalue weighted by Gasteiger charge is 2.09. The van der Waals surface area contributed by atoms with Gasteiger partial charge in [0.2, 0.25) is 5.91 Å². The van der Waals surface area contributed by atoms with Gasteiger partial charge in [0.05, 0.1) is 16.9 Å². The van der Waals surface area contributed by atoms with E-state index in [-0.39, 0.29) is 29.0 Å². The molecule has 1 heterocycles. The smallest absolute Gasteiger partial charge is 0.291 e. The Morgan fingerprint density at radius 1 is 0.966 bits per heavy atom. The largest absolute Gasteiger partial charge is 0.459 e. The van der Waals surface area contributed by atoms with Crippen molar-refractivity contribution in [1.82, 2.24) is 0 Å². The van der Waals surface area contributed by atoms with E-state index in [1.54, 1.807) is 48.5 Å². The van der Waals surface area contributed by atoms with Crippen LogP contribution in [-0.2, 0) is 10.5 Å². The molecule has 2 amide bonds. The van der Waals surface area contributed by atoms with Gasteiger partial charge >= 0.3 is 0 Å². The number of amides is 2. The third-order valence-corrected chi connectivity index (χ3v) is 4.82. The molecule has 0 fully saturated rings. The van der Waals surface area contributed by atoms with Gasteiger partial charge in [-0.25, -0.2) is 0 Å². The van der Waals surface area contributed by atoms with Crippen molar-refractivity contribution in [2.45, 2.75) is 5.75 Å². The SMILES string of the molecule is O=C(CSCc1ccc([N+](=O)[O-])cc1)Nc1ccc(NC(=O)c2ccco2)cc1. The number of rotatable bonds is 8. The van der Waals surface area contributed by atoms with E-state index in [0.717, 1.165) is 5.56 Å². The summed E-state index contributed by atoms with van der Waals surface area (Å²) in [6.45, 7) is 0. The van der Waals surface area contributed by atoms with E-state index in [1.165, 1.54) is 30.2 Å². The Morgan fingerprint density at radius 2 is 1.62 bits per heavy atom. The molecule has 9 heteroatoms. The fourth-order valence-corrected chi connectivity index (χ4v) is 3.20. The standard InChI is InChI=1S/C20H17N3O5S/c24-19(13-29-12-14-3-9-17(10-4-14)23(26)27)21-15-5-7-16(8-6-15)22-20(25)18-2-1-11-28-18/h1-11H,12-13H2,(H,21,24)(H,22,25). The Morgan fingerprint density at radius 3 is 2.21 bits per heavy atom. The number of nitrogens with zero attached hydrogens (tertiary/aromatic N) is 1. The number of nitro benzene ring substituents is 1. The zero-order chi connectivity index (χ0) is 20.6. The van der Waals surface area contributed by atoms with Crippen LogP contribution < -0.4 is 10.6 Å². The van der Waals surface area contributed by atoms with Crippen molar-refractivity contribution in [2.24, 2.45) is 0 Å². The first-order chi connectivity index (χ1) is 14.0. The number of nitrogens with one attached hydrogen (secondary N) is 2. The molecule has 0 unspecified atom stereocenters. The van der Waals surface area contributed by atoms with E-state index in [1.807, 2.05) is 0 Å². The Bertz CT molecular complexity index is 986. The fourth-order valence-electron chi connectivity index (χ4n) is 2.41. The van der Waals surface area contributed by atoms with Crippen LogP contribution in [0.3, 0.4) is 0 Å². The number of hydrogen-bond donors (Lipinski definition) is 2. The number of carbonyl (C=O) groups excluding carboxylic acids is 2. The first-order valence-electron chi connectivity index (χ1n) is 8.57. The van der Waals surface area contributed by atoms with Crippen LogP contribution in [0.25, 0.3) is 0 Å². The van der Waals surface area contributed by atoms with Crippen molar-refractivity contribution >= 4 is 40.6 Å². The van der Waals surface area contributed by atoms with Crippen LogP contribution in [0.5, 0.6) is 0 Å². The normalized spacial score (nSPS) is 10.3. The number of benzene rings is 2. The first-order valence-corrected chi connectivity index (χ1v) is 9.72. The highest BCUT2D eigenvalue weighted by Crippen LogP contribution is 2.18. The molecule has 0 saturated heterocycles. The summed E-state index contributed by atoms with van der Waals surface area (Å²) in [5.74, 6) is 0.517. The second-order valence-corrected chi connectivity index (χ2v) is 6.96. The van der Waals surface area contributed by atoms with Gasteiger partial charge in [-0.3, -0.25) is 19.7 Å². The van der Waals surface area contributed by atoms with Gasteiger partial charge in [0.1, 0.15) is 0 Å². The summed E-state index contributed by atoms with van der Waals surface area (Å²) >= 11 is 1.41. The maximum absolute atomic E-state index is 12.1. The Balaban J connectivity index is 1.43. The van der Waals surface area contributed by atoms with E-state index in [2.05, 4.69) is 10.6 Å². The zero-order valence-corrected chi connectivity index (χ0v) is 16.0. The second kappa shape index (κ2) is 9.56. The highest BCUT2D eigenvalue weighted by atomic mass is 32.2. The lowest BCUT2D eigenvalue weighted by molar-refractivity contribution is -0.384. The predicted octanol–water partition coefficient (Wildman–Crippen LogP) is 4.31. The van der Waals surface area contributed by atoms with Crippen molar-refractivity contribution in [3.05, 3.63) is 88.4 Å². The number of nitro groups is 1. The minimum absolute atomic E-state index is 0.0419. The molecule has 0 spiro atoms. The topological polar surface area (TPSA) is 114 Å². The quantitative estimate of drug-likeness (QED) is 0.422. The molecule has 2 aromatic carbocycles. The highest BCUT2D eigenvalue weighted by molar-refractivity contribution is 7.99. The lowest BCUT2D eigenvalue weighted by Gasteiger charge is -2.07. The molecule has 2 N–H and O–H groups in total. The number of thioether (sulfide) groups is 1. The maximum atomic E-state index is 12.1. The molecule has 8 nitrogen and oxygen atoms in total. The van der Waals surface area contributed by atoms with Gasteiger partial charge < -0.3 is 15.1 Å². The Kier molecular flexibility index (Phi) is 6.64. The van der Waals surface area contributed by atoms with Crippen LogP contribution in [0.1, 0.15) is 16.1 Å². The van der Waals surface area contributed by atoms with E-state index >= 15 is 0 Å². The van der Waals surface area contributed by atoms with E-state index in [4.69, 9.17) is 4.42 Å². The fraction of sp³-hybridized carbons (Fsp3) is 0.100.